The smallest absolute Gasteiger partial charge is 0.186 e. The van der Waals surface area contributed by atoms with Crippen LogP contribution in [0, 0.1) is 0 Å². The van der Waals surface area contributed by atoms with Gasteiger partial charge in [-0.25, -0.2) is 4.21 Å². The van der Waals surface area contributed by atoms with Crippen LogP contribution in [-0.4, -0.2) is 13.7 Å². The SMILES string of the molecule is O=S(O)c1ccc(Oc2cccnc2)cc1CNc1ccccc1. The molecule has 0 spiro atoms. The van der Waals surface area contributed by atoms with Crippen molar-refractivity contribution in [1.29, 1.82) is 0 Å². The number of hydrogen-bond donors (Lipinski definition) is 2. The summed E-state index contributed by atoms with van der Waals surface area (Å²) < 4.78 is 26.7. The molecule has 0 saturated carbocycles. The van der Waals surface area contributed by atoms with Gasteiger partial charge in [-0.15, -0.1) is 0 Å². The molecule has 0 bridgehead atoms. The van der Waals surface area contributed by atoms with Crippen LogP contribution in [0.1, 0.15) is 5.56 Å². The number of rotatable bonds is 6. The average molecular weight is 340 g/mol. The van der Waals surface area contributed by atoms with Gasteiger partial charge < -0.3 is 14.6 Å². The van der Waals surface area contributed by atoms with E-state index in [-0.39, 0.29) is 0 Å². The van der Waals surface area contributed by atoms with Gasteiger partial charge in [0.2, 0.25) is 0 Å². The van der Waals surface area contributed by atoms with E-state index in [4.69, 9.17) is 4.74 Å². The first-order valence-corrected chi connectivity index (χ1v) is 8.43. The predicted octanol–water partition coefficient (Wildman–Crippen LogP) is 4.07. The molecule has 0 aliphatic rings. The number of hydrogen-bond acceptors (Lipinski definition) is 4. The van der Waals surface area contributed by atoms with Crippen LogP contribution in [0.3, 0.4) is 0 Å². The van der Waals surface area contributed by atoms with E-state index in [1.807, 2.05) is 30.3 Å². The van der Waals surface area contributed by atoms with Crippen LogP contribution in [-0.2, 0) is 17.6 Å². The summed E-state index contributed by atoms with van der Waals surface area (Å²) in [4.78, 5) is 4.36. The summed E-state index contributed by atoms with van der Waals surface area (Å²) in [6.45, 7) is 0.413. The molecule has 3 rings (SSSR count). The van der Waals surface area contributed by atoms with Crippen LogP contribution >= 0.6 is 0 Å². The number of pyridine rings is 1. The van der Waals surface area contributed by atoms with Gasteiger partial charge in [-0.1, -0.05) is 18.2 Å². The monoisotopic (exact) mass is 340 g/mol. The summed E-state index contributed by atoms with van der Waals surface area (Å²) in [5.74, 6) is 1.19. The van der Waals surface area contributed by atoms with Crippen molar-refractivity contribution in [1.82, 2.24) is 4.98 Å². The van der Waals surface area contributed by atoms with Crippen molar-refractivity contribution in [3.8, 4) is 11.5 Å². The largest absolute Gasteiger partial charge is 0.456 e. The number of anilines is 1. The fraction of sp³-hybridized carbons (Fsp3) is 0.0556. The number of para-hydroxylation sites is 1. The molecule has 6 heteroatoms. The van der Waals surface area contributed by atoms with Crippen LogP contribution in [0.2, 0.25) is 0 Å². The summed E-state index contributed by atoms with van der Waals surface area (Å²) in [5.41, 5.74) is 1.63. The van der Waals surface area contributed by atoms with Crippen molar-refractivity contribution in [3.63, 3.8) is 0 Å². The maximum atomic E-state index is 11.5. The molecule has 1 atom stereocenters. The van der Waals surface area contributed by atoms with Crippen LogP contribution in [0.25, 0.3) is 0 Å². The van der Waals surface area contributed by atoms with Crippen LogP contribution in [0.5, 0.6) is 11.5 Å². The highest BCUT2D eigenvalue weighted by Gasteiger charge is 2.10. The lowest BCUT2D eigenvalue weighted by Gasteiger charge is -2.12. The number of nitrogens with zero attached hydrogens (tertiary/aromatic N) is 1. The first-order valence-electron chi connectivity index (χ1n) is 7.33. The summed E-state index contributed by atoms with van der Waals surface area (Å²) >= 11 is -2.06. The predicted molar refractivity (Wildman–Crippen MR) is 93.6 cm³/mol. The molecular formula is C18H16N2O3S. The van der Waals surface area contributed by atoms with E-state index < -0.39 is 11.1 Å². The van der Waals surface area contributed by atoms with E-state index in [0.717, 1.165) is 5.69 Å². The topological polar surface area (TPSA) is 71.5 Å². The second kappa shape index (κ2) is 7.72. The molecule has 2 N–H and O–H groups in total. The van der Waals surface area contributed by atoms with Gasteiger partial charge in [0.05, 0.1) is 11.1 Å². The Morgan fingerprint density at radius 2 is 1.88 bits per heavy atom. The number of benzene rings is 2. The molecular weight excluding hydrogens is 324 g/mol. The Morgan fingerprint density at radius 3 is 2.58 bits per heavy atom. The summed E-state index contributed by atoms with van der Waals surface area (Å²) in [6, 6.07) is 18.3. The zero-order valence-electron chi connectivity index (χ0n) is 12.8. The maximum absolute atomic E-state index is 11.5. The Hall–Kier alpha value is -2.70. The van der Waals surface area contributed by atoms with Crippen molar-refractivity contribution < 1.29 is 13.5 Å². The maximum Gasteiger partial charge on any atom is 0.186 e. The Morgan fingerprint density at radius 1 is 1.04 bits per heavy atom. The summed E-state index contributed by atoms with van der Waals surface area (Å²) in [7, 11) is 0. The minimum Gasteiger partial charge on any atom is -0.456 e. The molecule has 24 heavy (non-hydrogen) atoms. The van der Waals surface area contributed by atoms with E-state index >= 15 is 0 Å². The van der Waals surface area contributed by atoms with Gasteiger partial charge in [-0.2, -0.15) is 0 Å². The highest BCUT2D eigenvalue weighted by Crippen LogP contribution is 2.25. The molecule has 0 aliphatic heterocycles. The Labute approximate surface area is 142 Å². The fourth-order valence-electron chi connectivity index (χ4n) is 2.22. The summed E-state index contributed by atoms with van der Waals surface area (Å²) in [6.07, 6.45) is 3.28. The van der Waals surface area contributed by atoms with Crippen molar-refractivity contribution in [2.45, 2.75) is 11.4 Å². The molecule has 0 amide bonds. The van der Waals surface area contributed by atoms with Crippen molar-refractivity contribution in [2.24, 2.45) is 0 Å². The minimum atomic E-state index is -2.06. The first-order chi connectivity index (χ1) is 11.7. The first kappa shape index (κ1) is 16.2. The van der Waals surface area contributed by atoms with Gasteiger partial charge in [0.25, 0.3) is 0 Å². The molecule has 0 aliphatic carbocycles. The van der Waals surface area contributed by atoms with E-state index in [9.17, 15) is 8.76 Å². The molecule has 5 nitrogen and oxygen atoms in total. The quantitative estimate of drug-likeness (QED) is 0.662. The lowest BCUT2D eigenvalue weighted by Crippen LogP contribution is -2.04. The van der Waals surface area contributed by atoms with Gasteiger partial charge in [-0.3, -0.25) is 4.98 Å². The molecule has 2 aromatic carbocycles. The van der Waals surface area contributed by atoms with Gasteiger partial charge in [0.1, 0.15) is 11.5 Å². The van der Waals surface area contributed by atoms with E-state index in [0.29, 0.717) is 28.5 Å². The number of nitrogens with one attached hydrogen (secondary N) is 1. The number of ether oxygens (including phenoxy) is 1. The Bertz CT molecular complexity index is 826. The van der Waals surface area contributed by atoms with E-state index in [1.54, 1.807) is 42.7 Å². The van der Waals surface area contributed by atoms with Crippen molar-refractivity contribution >= 4 is 16.8 Å². The Balaban J connectivity index is 1.82. The third-order valence-corrected chi connectivity index (χ3v) is 4.12. The lowest BCUT2D eigenvalue weighted by molar-refractivity contribution is 0.479. The molecule has 3 aromatic rings. The molecule has 122 valence electrons. The third-order valence-electron chi connectivity index (χ3n) is 3.35. The van der Waals surface area contributed by atoms with Gasteiger partial charge in [-0.05, 0) is 48.0 Å². The molecule has 1 heterocycles. The van der Waals surface area contributed by atoms with E-state index in [2.05, 4.69) is 10.3 Å². The molecule has 0 fully saturated rings. The molecule has 1 aromatic heterocycles. The highest BCUT2D eigenvalue weighted by atomic mass is 32.2. The van der Waals surface area contributed by atoms with Gasteiger partial charge in [0, 0.05) is 18.4 Å². The number of aromatic nitrogens is 1. The second-order valence-corrected chi connectivity index (χ2v) is 5.97. The second-order valence-electron chi connectivity index (χ2n) is 5.03. The van der Waals surface area contributed by atoms with E-state index in [1.165, 1.54) is 0 Å². The average Bonchev–Trinajstić information content (AvgIpc) is 2.61. The fourth-order valence-corrected chi connectivity index (χ4v) is 2.76. The summed E-state index contributed by atoms with van der Waals surface area (Å²) in [5, 5.41) is 3.23. The Kier molecular flexibility index (Phi) is 5.20. The third kappa shape index (κ3) is 4.18. The standard InChI is InChI=1S/C18H16N2O3S/c21-24(22)18-9-8-16(23-17-7-4-10-19-13-17)11-14(18)12-20-15-5-2-1-3-6-15/h1-11,13,20H,12H2,(H,21,22). The molecule has 0 saturated heterocycles. The lowest BCUT2D eigenvalue weighted by atomic mass is 10.2. The van der Waals surface area contributed by atoms with Crippen LogP contribution in [0.15, 0.2) is 78.0 Å². The minimum absolute atomic E-state index is 0.358. The van der Waals surface area contributed by atoms with Crippen LogP contribution in [0.4, 0.5) is 5.69 Å². The molecule has 0 radical (unpaired) electrons. The van der Waals surface area contributed by atoms with Gasteiger partial charge in [0.15, 0.2) is 11.1 Å². The molecule has 1 unspecified atom stereocenters. The highest BCUT2D eigenvalue weighted by molar-refractivity contribution is 7.79. The zero-order chi connectivity index (χ0) is 16.8. The normalized spacial score (nSPS) is 11.7. The van der Waals surface area contributed by atoms with Crippen molar-refractivity contribution in [2.75, 3.05) is 5.32 Å². The zero-order valence-corrected chi connectivity index (χ0v) is 13.6. The van der Waals surface area contributed by atoms with Gasteiger partial charge >= 0.3 is 0 Å². The van der Waals surface area contributed by atoms with Crippen molar-refractivity contribution in [3.05, 3.63) is 78.6 Å². The van der Waals surface area contributed by atoms with Crippen LogP contribution < -0.4 is 10.1 Å².